The number of hydrogen-bond acceptors (Lipinski definition) is 5. The number of aryl methyl sites for hydroxylation is 2. The number of benzene rings is 2. The lowest BCUT2D eigenvalue weighted by atomic mass is 10.1. The number of nitrogens with zero attached hydrogens (tertiary/aromatic N) is 2. The quantitative estimate of drug-likeness (QED) is 0.540. The molecular weight excluding hydrogens is 350 g/mol. The number of halogens is 1. The molecule has 0 aliphatic rings. The highest BCUT2D eigenvalue weighted by Crippen LogP contribution is 2.31. The van der Waals surface area contributed by atoms with Crippen molar-refractivity contribution < 1.29 is 9.72 Å². The second-order valence-corrected chi connectivity index (χ2v) is 6.76. The van der Waals surface area contributed by atoms with E-state index >= 15 is 0 Å². The average molecular weight is 362 g/mol. The third-order valence-electron chi connectivity index (χ3n) is 3.44. The summed E-state index contributed by atoms with van der Waals surface area (Å²) < 4.78 is 0.969. The summed E-state index contributed by atoms with van der Waals surface area (Å²) >= 11 is 7.18. The molecule has 0 radical (unpaired) electrons. The first-order chi connectivity index (χ1) is 11.3. The van der Waals surface area contributed by atoms with Crippen LogP contribution in [0.15, 0.2) is 30.3 Å². The fourth-order valence-electron chi connectivity index (χ4n) is 2.44. The van der Waals surface area contributed by atoms with Crippen LogP contribution < -0.4 is 5.32 Å². The van der Waals surface area contributed by atoms with E-state index in [4.69, 9.17) is 11.6 Å². The summed E-state index contributed by atoms with van der Waals surface area (Å²) in [5.74, 6) is -0.613. The van der Waals surface area contributed by atoms with Crippen LogP contribution in [0.1, 0.15) is 21.5 Å². The summed E-state index contributed by atoms with van der Waals surface area (Å²) in [6.07, 6.45) is 0. The Morgan fingerprint density at radius 1 is 1.29 bits per heavy atom. The van der Waals surface area contributed by atoms with Crippen LogP contribution >= 0.6 is 22.9 Å². The molecule has 1 N–H and O–H groups in total. The Bertz CT molecular complexity index is 984. The number of carbonyl (C=O) groups excluding carboxylic acids is 1. The number of rotatable bonds is 3. The molecule has 0 aliphatic carbocycles. The Balaban J connectivity index is 1.97. The van der Waals surface area contributed by atoms with Crippen molar-refractivity contribution >= 4 is 49.9 Å². The highest BCUT2D eigenvalue weighted by molar-refractivity contribution is 7.22. The van der Waals surface area contributed by atoms with Gasteiger partial charge in [-0.05, 0) is 43.2 Å². The van der Waals surface area contributed by atoms with Gasteiger partial charge in [0.2, 0.25) is 0 Å². The van der Waals surface area contributed by atoms with Crippen molar-refractivity contribution in [1.29, 1.82) is 0 Å². The summed E-state index contributed by atoms with van der Waals surface area (Å²) in [5, 5.41) is 14.3. The van der Waals surface area contributed by atoms with Crippen molar-refractivity contribution in [3.8, 4) is 0 Å². The molecule has 0 unspecified atom stereocenters. The van der Waals surface area contributed by atoms with Gasteiger partial charge in [-0.15, -0.1) is 0 Å². The van der Waals surface area contributed by atoms with Crippen molar-refractivity contribution in [1.82, 2.24) is 4.98 Å². The third kappa shape index (κ3) is 3.08. The zero-order valence-electron chi connectivity index (χ0n) is 12.8. The number of fused-ring (bicyclic) bond motifs is 1. The molecule has 1 aromatic heterocycles. The smallest absolute Gasteiger partial charge is 0.282 e. The Morgan fingerprint density at radius 3 is 2.75 bits per heavy atom. The molecule has 0 atom stereocenters. The van der Waals surface area contributed by atoms with E-state index < -0.39 is 10.8 Å². The zero-order valence-corrected chi connectivity index (χ0v) is 14.4. The highest BCUT2D eigenvalue weighted by atomic mass is 35.5. The zero-order chi connectivity index (χ0) is 17.4. The van der Waals surface area contributed by atoms with Gasteiger partial charge in [-0.3, -0.25) is 20.2 Å². The molecule has 0 fully saturated rings. The molecule has 1 amide bonds. The van der Waals surface area contributed by atoms with Crippen LogP contribution in [-0.2, 0) is 0 Å². The van der Waals surface area contributed by atoms with Crippen LogP contribution in [0.25, 0.3) is 10.2 Å². The van der Waals surface area contributed by atoms with Gasteiger partial charge in [-0.25, -0.2) is 4.98 Å². The van der Waals surface area contributed by atoms with Crippen LogP contribution in [0.5, 0.6) is 0 Å². The maximum Gasteiger partial charge on any atom is 0.282 e. The van der Waals surface area contributed by atoms with E-state index in [-0.39, 0.29) is 16.3 Å². The van der Waals surface area contributed by atoms with Crippen molar-refractivity contribution in [3.05, 3.63) is 62.2 Å². The van der Waals surface area contributed by atoms with Gasteiger partial charge in [0.05, 0.1) is 15.1 Å². The molecule has 2 aromatic carbocycles. The van der Waals surface area contributed by atoms with Crippen LogP contribution in [0.4, 0.5) is 10.8 Å². The SMILES string of the molecule is Cc1cc(C)c2sc(NC(=O)c3cc(Cl)ccc3[N+](=O)[O-])nc2c1. The summed E-state index contributed by atoms with van der Waals surface area (Å²) in [6.45, 7) is 3.94. The molecule has 3 rings (SSSR count). The molecular formula is C16H12ClN3O3S. The van der Waals surface area contributed by atoms with Gasteiger partial charge in [0.25, 0.3) is 11.6 Å². The number of amides is 1. The van der Waals surface area contributed by atoms with E-state index in [1.807, 2.05) is 26.0 Å². The second-order valence-electron chi connectivity index (χ2n) is 5.32. The predicted molar refractivity (Wildman–Crippen MR) is 95.2 cm³/mol. The van der Waals surface area contributed by atoms with E-state index in [2.05, 4.69) is 10.3 Å². The molecule has 0 saturated carbocycles. The normalized spacial score (nSPS) is 10.8. The summed E-state index contributed by atoms with van der Waals surface area (Å²) in [7, 11) is 0. The number of aromatic nitrogens is 1. The maximum absolute atomic E-state index is 12.4. The van der Waals surface area contributed by atoms with Crippen molar-refractivity contribution in [3.63, 3.8) is 0 Å². The van der Waals surface area contributed by atoms with Gasteiger partial charge in [0.1, 0.15) is 5.56 Å². The van der Waals surface area contributed by atoms with Crippen LogP contribution in [0.2, 0.25) is 5.02 Å². The molecule has 0 saturated heterocycles. The van der Waals surface area contributed by atoms with Crippen molar-refractivity contribution in [2.45, 2.75) is 13.8 Å². The second kappa shape index (κ2) is 6.18. The molecule has 3 aromatic rings. The van der Waals surface area contributed by atoms with Crippen molar-refractivity contribution in [2.75, 3.05) is 5.32 Å². The summed E-state index contributed by atoms with van der Waals surface area (Å²) in [5.41, 5.74) is 2.53. The minimum absolute atomic E-state index is 0.0975. The number of nitrogens with one attached hydrogen (secondary N) is 1. The van der Waals surface area contributed by atoms with E-state index in [0.717, 1.165) is 21.3 Å². The van der Waals surface area contributed by atoms with Gasteiger partial charge < -0.3 is 0 Å². The minimum Gasteiger partial charge on any atom is -0.298 e. The number of nitro groups is 1. The largest absolute Gasteiger partial charge is 0.298 e. The van der Waals surface area contributed by atoms with E-state index in [1.54, 1.807) is 0 Å². The summed E-state index contributed by atoms with van der Waals surface area (Å²) in [6, 6.07) is 7.82. The van der Waals surface area contributed by atoms with Gasteiger partial charge in [-0.1, -0.05) is 29.0 Å². The standard InChI is InChI=1S/C16H12ClN3O3S/c1-8-5-9(2)14-12(6-8)18-16(24-14)19-15(21)11-7-10(17)3-4-13(11)20(22)23/h3-7H,1-2H3,(H,18,19,21). The molecule has 6 nitrogen and oxygen atoms in total. The number of thiazole rings is 1. The lowest BCUT2D eigenvalue weighted by Crippen LogP contribution is -2.13. The van der Waals surface area contributed by atoms with Gasteiger partial charge in [-0.2, -0.15) is 0 Å². The topological polar surface area (TPSA) is 85.1 Å². The maximum atomic E-state index is 12.4. The minimum atomic E-state index is -0.614. The van der Waals surface area contributed by atoms with E-state index in [0.29, 0.717) is 5.13 Å². The lowest BCUT2D eigenvalue weighted by molar-refractivity contribution is -0.385. The summed E-state index contributed by atoms with van der Waals surface area (Å²) in [4.78, 5) is 27.3. The Morgan fingerprint density at radius 2 is 2.04 bits per heavy atom. The molecule has 0 bridgehead atoms. The van der Waals surface area contributed by atoms with Gasteiger partial charge >= 0.3 is 0 Å². The molecule has 1 heterocycles. The first-order valence-electron chi connectivity index (χ1n) is 6.98. The fraction of sp³-hybridized carbons (Fsp3) is 0.125. The van der Waals surface area contributed by atoms with E-state index in [1.165, 1.54) is 29.5 Å². The first-order valence-corrected chi connectivity index (χ1v) is 8.17. The van der Waals surface area contributed by atoms with Gasteiger partial charge in [0, 0.05) is 11.1 Å². The fourth-order valence-corrected chi connectivity index (χ4v) is 3.53. The highest BCUT2D eigenvalue weighted by Gasteiger charge is 2.21. The third-order valence-corrected chi connectivity index (χ3v) is 4.80. The number of nitro benzene ring substituents is 1. The molecule has 24 heavy (non-hydrogen) atoms. The van der Waals surface area contributed by atoms with Crippen molar-refractivity contribution in [2.24, 2.45) is 0 Å². The van der Waals surface area contributed by atoms with Crippen LogP contribution in [-0.4, -0.2) is 15.8 Å². The van der Waals surface area contributed by atoms with Crippen LogP contribution in [0, 0.1) is 24.0 Å². The number of anilines is 1. The number of carbonyl (C=O) groups is 1. The molecule has 122 valence electrons. The molecule has 8 heteroatoms. The molecule has 0 aliphatic heterocycles. The average Bonchev–Trinajstić information content (AvgIpc) is 2.89. The lowest BCUT2D eigenvalue weighted by Gasteiger charge is -2.03. The predicted octanol–water partition coefficient (Wildman–Crippen LogP) is 4.73. The monoisotopic (exact) mass is 361 g/mol. The Labute approximate surface area is 146 Å². The van der Waals surface area contributed by atoms with Gasteiger partial charge in [0.15, 0.2) is 5.13 Å². The Hall–Kier alpha value is -2.51. The Kier molecular flexibility index (Phi) is 4.21. The van der Waals surface area contributed by atoms with Crippen LogP contribution in [0.3, 0.4) is 0 Å². The molecule has 0 spiro atoms. The number of hydrogen-bond donors (Lipinski definition) is 1. The van der Waals surface area contributed by atoms with E-state index in [9.17, 15) is 14.9 Å². The first kappa shape index (κ1) is 16.4.